The van der Waals surface area contributed by atoms with Crippen LogP contribution in [-0.2, 0) is 11.2 Å². The van der Waals surface area contributed by atoms with E-state index in [1.54, 1.807) is 6.08 Å². The van der Waals surface area contributed by atoms with Crippen LogP contribution < -0.4 is 0 Å². The zero-order chi connectivity index (χ0) is 9.10. The molecule has 13 heavy (non-hydrogen) atoms. The number of rotatable bonds is 0. The molecule has 0 spiro atoms. The third-order valence-electron chi connectivity index (χ3n) is 1.98. The number of nitrogens with zero attached hydrogens (tertiary/aromatic N) is 1. The average Bonchev–Trinajstić information content (AvgIpc) is 2.11. The van der Waals surface area contributed by atoms with Crippen LogP contribution in [0.4, 0.5) is 0 Å². The zero-order valence-corrected chi connectivity index (χ0v) is 7.10. The number of hydrogen-bond acceptors (Lipinski definition) is 1. The summed E-state index contributed by atoms with van der Waals surface area (Å²) in [6, 6.07) is 7.86. The Bertz CT molecular complexity index is 391. The quantitative estimate of drug-likeness (QED) is 0.585. The number of carbonyl (C=O) groups excluding carboxylic acids is 1. The van der Waals surface area contributed by atoms with Gasteiger partial charge in [0.1, 0.15) is 0 Å². The summed E-state index contributed by atoms with van der Waals surface area (Å²) < 4.78 is 0. The Labute approximate surface area is 76.6 Å². The highest BCUT2D eigenvalue weighted by molar-refractivity contribution is 5.93. The Morgan fingerprint density at radius 1 is 1.23 bits per heavy atom. The van der Waals surface area contributed by atoms with E-state index >= 15 is 0 Å². The first-order valence-corrected chi connectivity index (χ1v) is 4.18. The summed E-state index contributed by atoms with van der Waals surface area (Å²) in [5.74, 6) is -0.0863. The Kier molecular flexibility index (Phi) is 2.04. The summed E-state index contributed by atoms with van der Waals surface area (Å²) in [6.07, 6.45) is 5.69. The van der Waals surface area contributed by atoms with Crippen LogP contribution in [0.3, 0.4) is 0 Å². The smallest absolute Gasteiger partial charge is 0.250 e. The van der Waals surface area contributed by atoms with Crippen LogP contribution in [0.1, 0.15) is 11.1 Å². The lowest BCUT2D eigenvalue weighted by molar-refractivity contribution is -0.117. The van der Waals surface area contributed by atoms with E-state index < -0.39 is 0 Å². The molecular formula is C11H9NO. The normalized spacial score (nSPS) is 14.9. The Balaban J connectivity index is 2.49. The molecular weight excluding hydrogens is 162 g/mol. The highest BCUT2D eigenvalue weighted by Gasteiger charge is 2.05. The van der Waals surface area contributed by atoms with Gasteiger partial charge in [0.2, 0.25) is 5.91 Å². The number of aliphatic imine (C=N–C) groups is 1. The molecule has 0 bridgehead atoms. The molecule has 0 aromatic heterocycles. The second-order valence-electron chi connectivity index (χ2n) is 2.91. The number of amides is 1. The van der Waals surface area contributed by atoms with E-state index in [0.29, 0.717) is 6.42 Å². The molecule has 0 saturated carbocycles. The van der Waals surface area contributed by atoms with Gasteiger partial charge >= 0.3 is 0 Å². The van der Waals surface area contributed by atoms with Gasteiger partial charge in [0, 0.05) is 6.21 Å². The van der Waals surface area contributed by atoms with Gasteiger partial charge in [0.15, 0.2) is 0 Å². The maximum atomic E-state index is 11.2. The van der Waals surface area contributed by atoms with Crippen molar-refractivity contribution in [3.8, 4) is 0 Å². The molecule has 0 saturated heterocycles. The average molecular weight is 171 g/mol. The lowest BCUT2D eigenvalue weighted by atomic mass is 10.0. The summed E-state index contributed by atoms with van der Waals surface area (Å²) in [4.78, 5) is 14.9. The molecule has 0 atom stereocenters. The van der Waals surface area contributed by atoms with Gasteiger partial charge in [-0.15, -0.1) is 0 Å². The van der Waals surface area contributed by atoms with Gasteiger partial charge in [-0.05, 0) is 17.2 Å². The molecule has 64 valence electrons. The number of hydrogen-bond donors (Lipinski definition) is 0. The maximum absolute atomic E-state index is 11.2. The van der Waals surface area contributed by atoms with Crippen molar-refractivity contribution in [2.75, 3.05) is 0 Å². The number of allylic oxidation sites excluding steroid dienone is 1. The molecule has 0 unspecified atom stereocenters. The van der Waals surface area contributed by atoms with Crippen LogP contribution in [-0.4, -0.2) is 12.1 Å². The van der Waals surface area contributed by atoms with Gasteiger partial charge in [-0.2, -0.15) is 0 Å². The van der Waals surface area contributed by atoms with Crippen LogP contribution in [0.25, 0.3) is 6.08 Å². The molecule has 2 rings (SSSR count). The Morgan fingerprint density at radius 3 is 3.00 bits per heavy atom. The lowest BCUT2D eigenvalue weighted by Gasteiger charge is -2.04. The first-order valence-electron chi connectivity index (χ1n) is 4.18. The van der Waals surface area contributed by atoms with Crippen molar-refractivity contribution in [1.29, 1.82) is 0 Å². The van der Waals surface area contributed by atoms with E-state index in [0.717, 1.165) is 11.1 Å². The molecule has 1 aromatic rings. The standard InChI is InChI=1S/C11H9NO/c13-11-8-10-5-2-1-4-9(10)6-3-7-12-11/h1-7H,8H2. The zero-order valence-electron chi connectivity index (χ0n) is 7.10. The van der Waals surface area contributed by atoms with Gasteiger partial charge in [0.05, 0.1) is 6.42 Å². The van der Waals surface area contributed by atoms with Gasteiger partial charge in [-0.25, -0.2) is 4.99 Å². The van der Waals surface area contributed by atoms with Gasteiger partial charge in [0.25, 0.3) is 0 Å². The SMILES string of the molecule is O=C1Cc2ccccc2C=CC=N1. The minimum Gasteiger partial charge on any atom is -0.272 e. The molecule has 0 aliphatic carbocycles. The van der Waals surface area contributed by atoms with Crippen LogP contribution >= 0.6 is 0 Å². The highest BCUT2D eigenvalue weighted by atomic mass is 16.1. The van der Waals surface area contributed by atoms with Crippen LogP contribution in [0.5, 0.6) is 0 Å². The predicted octanol–water partition coefficient (Wildman–Crippen LogP) is 1.85. The van der Waals surface area contributed by atoms with Gasteiger partial charge in [-0.3, -0.25) is 4.79 Å². The van der Waals surface area contributed by atoms with Crippen LogP contribution in [0.2, 0.25) is 0 Å². The Hall–Kier alpha value is -1.70. The first kappa shape index (κ1) is 7.92. The minimum absolute atomic E-state index is 0.0863. The maximum Gasteiger partial charge on any atom is 0.250 e. The van der Waals surface area contributed by atoms with Crippen molar-refractivity contribution in [3.05, 3.63) is 41.5 Å². The fourth-order valence-electron chi connectivity index (χ4n) is 1.34. The highest BCUT2D eigenvalue weighted by Crippen LogP contribution is 2.12. The van der Waals surface area contributed by atoms with Crippen molar-refractivity contribution < 1.29 is 4.79 Å². The van der Waals surface area contributed by atoms with Gasteiger partial charge < -0.3 is 0 Å². The number of carbonyl (C=O) groups is 1. The fraction of sp³-hybridized carbons (Fsp3) is 0.0909. The van der Waals surface area contributed by atoms with Crippen LogP contribution in [0, 0.1) is 0 Å². The Morgan fingerprint density at radius 2 is 2.08 bits per heavy atom. The van der Waals surface area contributed by atoms with Crippen LogP contribution in [0.15, 0.2) is 35.3 Å². The van der Waals surface area contributed by atoms with E-state index in [4.69, 9.17) is 0 Å². The molecule has 1 aromatic carbocycles. The molecule has 1 aliphatic heterocycles. The van der Waals surface area contributed by atoms with E-state index in [9.17, 15) is 4.79 Å². The third-order valence-corrected chi connectivity index (χ3v) is 1.98. The molecule has 0 radical (unpaired) electrons. The first-order chi connectivity index (χ1) is 6.36. The molecule has 1 aliphatic rings. The van der Waals surface area contributed by atoms with E-state index in [2.05, 4.69) is 4.99 Å². The van der Waals surface area contributed by atoms with Crippen molar-refractivity contribution in [3.63, 3.8) is 0 Å². The molecule has 1 heterocycles. The topological polar surface area (TPSA) is 29.4 Å². The molecule has 0 N–H and O–H groups in total. The summed E-state index contributed by atoms with van der Waals surface area (Å²) >= 11 is 0. The summed E-state index contributed by atoms with van der Waals surface area (Å²) in [5, 5.41) is 0. The largest absolute Gasteiger partial charge is 0.272 e. The van der Waals surface area contributed by atoms with E-state index in [1.165, 1.54) is 6.21 Å². The number of benzene rings is 1. The second-order valence-corrected chi connectivity index (χ2v) is 2.91. The summed E-state index contributed by atoms with van der Waals surface area (Å²) in [5.41, 5.74) is 2.14. The van der Waals surface area contributed by atoms with Crippen molar-refractivity contribution in [2.45, 2.75) is 6.42 Å². The summed E-state index contributed by atoms with van der Waals surface area (Å²) in [7, 11) is 0. The lowest BCUT2D eigenvalue weighted by Crippen LogP contribution is -2.02. The molecule has 2 heteroatoms. The molecule has 0 fully saturated rings. The molecule has 2 nitrogen and oxygen atoms in total. The fourth-order valence-corrected chi connectivity index (χ4v) is 1.34. The minimum atomic E-state index is -0.0863. The van der Waals surface area contributed by atoms with Crippen molar-refractivity contribution >= 4 is 18.2 Å². The number of fused-ring (bicyclic) bond motifs is 1. The monoisotopic (exact) mass is 171 g/mol. The predicted molar refractivity (Wildman–Crippen MR) is 52.7 cm³/mol. The third kappa shape index (κ3) is 1.72. The van der Waals surface area contributed by atoms with Crippen molar-refractivity contribution in [2.24, 2.45) is 4.99 Å². The van der Waals surface area contributed by atoms with Crippen molar-refractivity contribution in [1.82, 2.24) is 0 Å². The van der Waals surface area contributed by atoms with E-state index in [1.807, 2.05) is 30.3 Å². The summed E-state index contributed by atoms with van der Waals surface area (Å²) in [6.45, 7) is 0. The van der Waals surface area contributed by atoms with Gasteiger partial charge in [-0.1, -0.05) is 30.3 Å². The molecule has 1 amide bonds. The van der Waals surface area contributed by atoms with E-state index in [-0.39, 0.29) is 5.91 Å². The second kappa shape index (κ2) is 3.35.